The summed E-state index contributed by atoms with van der Waals surface area (Å²) in [7, 11) is 0. The minimum Gasteiger partial charge on any atom is -0.378 e. The van der Waals surface area contributed by atoms with Crippen molar-refractivity contribution in [2.24, 2.45) is 0 Å². The molecule has 21 heavy (non-hydrogen) atoms. The van der Waals surface area contributed by atoms with Crippen LogP contribution in [0.4, 0.5) is 0 Å². The van der Waals surface area contributed by atoms with E-state index in [0.29, 0.717) is 18.9 Å². The second kappa shape index (κ2) is 6.56. The first-order chi connectivity index (χ1) is 10.2. The Morgan fingerprint density at radius 2 is 2.29 bits per heavy atom. The molecule has 0 aromatic carbocycles. The second-order valence-corrected chi connectivity index (χ2v) is 6.02. The van der Waals surface area contributed by atoms with E-state index in [4.69, 9.17) is 9.26 Å². The molecule has 2 fully saturated rings. The predicted molar refractivity (Wildman–Crippen MR) is 75.8 cm³/mol. The van der Waals surface area contributed by atoms with Crippen LogP contribution in [0.1, 0.15) is 56.2 Å². The Morgan fingerprint density at radius 1 is 1.38 bits per heavy atom. The van der Waals surface area contributed by atoms with E-state index in [2.05, 4.69) is 10.1 Å². The first-order valence-corrected chi connectivity index (χ1v) is 7.92. The highest BCUT2D eigenvalue weighted by atomic mass is 16.5. The topological polar surface area (TPSA) is 68.5 Å². The van der Waals surface area contributed by atoms with Crippen LogP contribution in [0.5, 0.6) is 0 Å². The maximum Gasteiger partial charge on any atom is 0.223 e. The molecule has 0 saturated carbocycles. The van der Waals surface area contributed by atoms with Gasteiger partial charge < -0.3 is 14.2 Å². The van der Waals surface area contributed by atoms with Gasteiger partial charge in [0.2, 0.25) is 11.8 Å². The quantitative estimate of drug-likeness (QED) is 0.849. The molecule has 3 heterocycles. The van der Waals surface area contributed by atoms with Crippen LogP contribution in [0.3, 0.4) is 0 Å². The van der Waals surface area contributed by atoms with E-state index in [1.54, 1.807) is 6.92 Å². The monoisotopic (exact) mass is 293 g/mol. The van der Waals surface area contributed by atoms with E-state index < -0.39 is 0 Å². The lowest BCUT2D eigenvalue weighted by Crippen LogP contribution is -2.39. The number of piperidine rings is 1. The van der Waals surface area contributed by atoms with E-state index in [-0.39, 0.29) is 17.9 Å². The molecule has 1 amide bonds. The van der Waals surface area contributed by atoms with E-state index >= 15 is 0 Å². The highest BCUT2D eigenvalue weighted by Crippen LogP contribution is 2.26. The molecule has 2 aliphatic heterocycles. The van der Waals surface area contributed by atoms with Gasteiger partial charge in [-0.25, -0.2) is 0 Å². The van der Waals surface area contributed by atoms with Crippen LogP contribution in [0.25, 0.3) is 0 Å². The molecule has 2 saturated heterocycles. The Balaban J connectivity index is 1.51. The molecule has 2 aliphatic rings. The van der Waals surface area contributed by atoms with Crippen LogP contribution < -0.4 is 0 Å². The standard InChI is InChI=1S/C15H23N3O3/c1-11-16-15(17-21-11)12-4-2-8-18(10-12)14(19)7-6-13-5-3-9-20-13/h12-13H,2-10H2,1H3/t12-,13+/m1/s1. The number of nitrogens with zero attached hydrogens (tertiary/aromatic N) is 3. The molecular formula is C15H23N3O3. The third kappa shape index (κ3) is 3.61. The van der Waals surface area contributed by atoms with Crippen LogP contribution >= 0.6 is 0 Å². The zero-order valence-electron chi connectivity index (χ0n) is 12.6. The van der Waals surface area contributed by atoms with Crippen molar-refractivity contribution in [3.63, 3.8) is 0 Å². The third-order valence-corrected chi connectivity index (χ3v) is 4.39. The highest BCUT2D eigenvalue weighted by Gasteiger charge is 2.28. The van der Waals surface area contributed by atoms with Gasteiger partial charge in [0.25, 0.3) is 0 Å². The van der Waals surface area contributed by atoms with E-state index in [1.807, 2.05) is 4.90 Å². The van der Waals surface area contributed by atoms with Crippen LogP contribution in [-0.2, 0) is 9.53 Å². The molecule has 0 N–H and O–H groups in total. The van der Waals surface area contributed by atoms with Crippen molar-refractivity contribution in [1.29, 1.82) is 0 Å². The fourth-order valence-corrected chi connectivity index (χ4v) is 3.21. The summed E-state index contributed by atoms with van der Waals surface area (Å²) in [5.41, 5.74) is 0. The van der Waals surface area contributed by atoms with Gasteiger partial charge >= 0.3 is 0 Å². The number of hydrogen-bond donors (Lipinski definition) is 0. The average Bonchev–Trinajstić information content (AvgIpc) is 3.16. The molecule has 6 nitrogen and oxygen atoms in total. The minimum atomic E-state index is 0.211. The van der Waals surface area contributed by atoms with Gasteiger partial charge in [0.05, 0.1) is 6.10 Å². The summed E-state index contributed by atoms with van der Waals surface area (Å²) in [6, 6.07) is 0. The zero-order valence-corrected chi connectivity index (χ0v) is 12.6. The summed E-state index contributed by atoms with van der Waals surface area (Å²) in [5, 5.41) is 4.00. The summed E-state index contributed by atoms with van der Waals surface area (Å²) in [4.78, 5) is 18.6. The van der Waals surface area contributed by atoms with Crippen molar-refractivity contribution in [1.82, 2.24) is 15.0 Å². The number of rotatable bonds is 4. The minimum absolute atomic E-state index is 0.211. The Bertz CT molecular complexity index is 482. The molecule has 6 heteroatoms. The lowest BCUT2D eigenvalue weighted by atomic mass is 9.97. The van der Waals surface area contributed by atoms with Gasteiger partial charge in [-0.05, 0) is 32.1 Å². The largest absolute Gasteiger partial charge is 0.378 e. The lowest BCUT2D eigenvalue weighted by Gasteiger charge is -2.31. The van der Waals surface area contributed by atoms with Crippen molar-refractivity contribution >= 4 is 5.91 Å². The van der Waals surface area contributed by atoms with Gasteiger partial charge in [-0.15, -0.1) is 0 Å². The summed E-state index contributed by atoms with van der Waals surface area (Å²) in [5.74, 6) is 1.77. The summed E-state index contributed by atoms with van der Waals surface area (Å²) >= 11 is 0. The molecule has 0 bridgehead atoms. The molecule has 116 valence electrons. The van der Waals surface area contributed by atoms with Crippen LogP contribution in [0, 0.1) is 6.92 Å². The van der Waals surface area contributed by atoms with Crippen molar-refractivity contribution < 1.29 is 14.1 Å². The number of likely N-dealkylation sites (tertiary alicyclic amines) is 1. The molecule has 0 spiro atoms. The highest BCUT2D eigenvalue weighted by molar-refractivity contribution is 5.76. The zero-order chi connectivity index (χ0) is 14.7. The summed E-state index contributed by atoms with van der Waals surface area (Å²) in [6.45, 7) is 4.20. The SMILES string of the molecule is Cc1nc([C@@H]2CCCN(C(=O)CC[C@@H]3CCCO3)C2)no1. The normalized spacial score (nSPS) is 26.2. The molecular weight excluding hydrogens is 270 g/mol. The molecule has 1 aromatic heterocycles. The predicted octanol–water partition coefficient (Wildman–Crippen LogP) is 2.04. The van der Waals surface area contributed by atoms with Crippen LogP contribution in [0.15, 0.2) is 4.52 Å². The molecule has 0 unspecified atom stereocenters. The maximum atomic E-state index is 12.3. The Labute approximate surface area is 124 Å². The first kappa shape index (κ1) is 14.5. The molecule has 2 atom stereocenters. The molecule has 0 radical (unpaired) electrons. The summed E-state index contributed by atoms with van der Waals surface area (Å²) in [6.07, 6.45) is 5.97. The van der Waals surface area contributed by atoms with Crippen LogP contribution in [0.2, 0.25) is 0 Å². The maximum absolute atomic E-state index is 12.3. The van der Waals surface area contributed by atoms with E-state index in [9.17, 15) is 4.79 Å². The summed E-state index contributed by atoms with van der Waals surface area (Å²) < 4.78 is 10.6. The van der Waals surface area contributed by atoms with Gasteiger partial charge in [0.15, 0.2) is 5.82 Å². The third-order valence-electron chi connectivity index (χ3n) is 4.39. The average molecular weight is 293 g/mol. The van der Waals surface area contributed by atoms with E-state index in [1.165, 1.54) is 0 Å². The van der Waals surface area contributed by atoms with Gasteiger partial charge in [-0.2, -0.15) is 4.98 Å². The lowest BCUT2D eigenvalue weighted by molar-refractivity contribution is -0.133. The fraction of sp³-hybridized carbons (Fsp3) is 0.800. The van der Waals surface area contributed by atoms with Gasteiger partial charge in [0.1, 0.15) is 0 Å². The Kier molecular flexibility index (Phi) is 4.53. The first-order valence-electron chi connectivity index (χ1n) is 7.92. The van der Waals surface area contributed by atoms with Gasteiger partial charge in [-0.1, -0.05) is 5.16 Å². The number of amides is 1. The number of aromatic nitrogens is 2. The number of ether oxygens (including phenoxy) is 1. The van der Waals surface area contributed by atoms with Gasteiger partial charge in [-0.3, -0.25) is 4.79 Å². The van der Waals surface area contributed by atoms with Crippen molar-refractivity contribution in [2.45, 2.75) is 57.5 Å². The van der Waals surface area contributed by atoms with Gasteiger partial charge in [0, 0.05) is 39.0 Å². The number of hydrogen-bond acceptors (Lipinski definition) is 5. The van der Waals surface area contributed by atoms with Crippen molar-refractivity contribution in [3.05, 3.63) is 11.7 Å². The number of carbonyl (C=O) groups is 1. The van der Waals surface area contributed by atoms with E-state index in [0.717, 1.165) is 51.1 Å². The van der Waals surface area contributed by atoms with Crippen molar-refractivity contribution in [3.8, 4) is 0 Å². The Morgan fingerprint density at radius 3 is 3.00 bits per heavy atom. The molecule has 3 rings (SSSR count). The Hall–Kier alpha value is -1.43. The fourth-order valence-electron chi connectivity index (χ4n) is 3.21. The molecule has 1 aromatic rings. The number of aryl methyl sites for hydroxylation is 1. The van der Waals surface area contributed by atoms with Crippen LogP contribution in [-0.4, -0.2) is 46.7 Å². The van der Waals surface area contributed by atoms with Crippen molar-refractivity contribution in [2.75, 3.05) is 19.7 Å². The molecule has 0 aliphatic carbocycles. The number of carbonyl (C=O) groups excluding carboxylic acids is 1. The second-order valence-electron chi connectivity index (χ2n) is 6.02. The smallest absolute Gasteiger partial charge is 0.223 e.